The van der Waals surface area contributed by atoms with E-state index in [-0.39, 0.29) is 12.4 Å². The lowest BCUT2D eigenvalue weighted by atomic mass is 10.0. The molecule has 2 aromatic carbocycles. The van der Waals surface area contributed by atoms with E-state index in [1.165, 1.54) is 16.3 Å². The van der Waals surface area contributed by atoms with Crippen LogP contribution in [0.4, 0.5) is 0 Å². The number of nitrogens with zero attached hydrogens (tertiary/aromatic N) is 4. The number of hydrogen-bond donors (Lipinski definition) is 1. The maximum Gasteiger partial charge on any atom is 0.209 e. The van der Waals surface area contributed by atoms with Gasteiger partial charge in [0.2, 0.25) is 5.16 Å². The Labute approximate surface area is 157 Å². The van der Waals surface area contributed by atoms with Gasteiger partial charge in [0.05, 0.1) is 6.61 Å². The molecule has 6 nitrogen and oxygen atoms in total. The molecule has 0 fully saturated rings. The Hall–Kier alpha value is -1.83. The summed E-state index contributed by atoms with van der Waals surface area (Å²) in [5.41, 5.74) is 1.21. The van der Waals surface area contributed by atoms with E-state index in [2.05, 4.69) is 57.2 Å². The molecule has 134 valence electrons. The molecule has 0 aliphatic heterocycles. The smallest absolute Gasteiger partial charge is 0.209 e. The van der Waals surface area contributed by atoms with Crippen molar-refractivity contribution in [2.75, 3.05) is 18.9 Å². The molecule has 0 bridgehead atoms. The second-order valence-electron chi connectivity index (χ2n) is 5.31. The Balaban J connectivity index is 0.00000225. The molecule has 3 rings (SSSR count). The summed E-state index contributed by atoms with van der Waals surface area (Å²) in [4.78, 5) is 0. The average Bonchev–Trinajstić information content (AvgIpc) is 3.01. The number of aromatic nitrogens is 4. The number of thioether (sulfide) groups is 1. The highest BCUT2D eigenvalue weighted by molar-refractivity contribution is 7.99. The number of fused-ring (bicyclic) bond motifs is 1. The Morgan fingerprint density at radius 3 is 2.80 bits per heavy atom. The number of aryl methyl sites for hydroxylation is 1. The number of rotatable bonds is 8. The predicted molar refractivity (Wildman–Crippen MR) is 96.3 cm³/mol. The summed E-state index contributed by atoms with van der Waals surface area (Å²) in [7, 11) is 1.85. The van der Waals surface area contributed by atoms with E-state index in [0.717, 1.165) is 29.7 Å². The van der Waals surface area contributed by atoms with Gasteiger partial charge in [0.1, 0.15) is 5.75 Å². The van der Waals surface area contributed by atoms with Gasteiger partial charge in [-0.15, -0.1) is 5.10 Å². The third kappa shape index (κ3) is 4.84. The van der Waals surface area contributed by atoms with E-state index in [0.29, 0.717) is 6.61 Å². The van der Waals surface area contributed by atoms with Crippen molar-refractivity contribution < 1.29 is 17.1 Å². The topological polar surface area (TPSA) is 64.9 Å². The number of nitrogens with one attached hydrogen (secondary N) is 1. The molecule has 0 aliphatic rings. The fourth-order valence-electron chi connectivity index (χ4n) is 2.56. The van der Waals surface area contributed by atoms with Crippen LogP contribution in [-0.2, 0) is 13.6 Å². The molecular weight excluding hydrogens is 358 g/mol. The molecule has 0 aliphatic carbocycles. The SMILES string of the molecule is CCOc1ccc2ccccc2c1CNCCSc1nnnn1C.[Cl-]. The second-order valence-corrected chi connectivity index (χ2v) is 6.37. The van der Waals surface area contributed by atoms with Crippen molar-refractivity contribution in [1.29, 1.82) is 0 Å². The van der Waals surface area contributed by atoms with Crippen LogP contribution in [0.2, 0.25) is 0 Å². The van der Waals surface area contributed by atoms with Crippen molar-refractivity contribution in [3.8, 4) is 5.75 Å². The van der Waals surface area contributed by atoms with Gasteiger partial charge in [0, 0.05) is 31.5 Å². The minimum atomic E-state index is 0. The molecule has 0 saturated carbocycles. The summed E-state index contributed by atoms with van der Waals surface area (Å²) < 4.78 is 7.48. The van der Waals surface area contributed by atoms with Crippen molar-refractivity contribution >= 4 is 22.5 Å². The fourth-order valence-corrected chi connectivity index (χ4v) is 3.31. The summed E-state index contributed by atoms with van der Waals surface area (Å²) >= 11 is 1.64. The fraction of sp³-hybridized carbons (Fsp3) is 0.353. The quantitative estimate of drug-likeness (QED) is 0.427. The highest BCUT2D eigenvalue weighted by atomic mass is 35.5. The van der Waals surface area contributed by atoms with Crippen LogP contribution in [0, 0.1) is 0 Å². The van der Waals surface area contributed by atoms with E-state index < -0.39 is 0 Å². The highest BCUT2D eigenvalue weighted by Crippen LogP contribution is 2.28. The molecule has 3 aromatic rings. The number of ether oxygens (including phenoxy) is 1. The molecule has 0 amide bonds. The standard InChI is InChI=1S/C17H21N5OS.ClH/c1-3-23-16-9-8-13-6-4-5-7-14(13)15(16)12-18-10-11-24-17-19-20-21-22(17)2;/h4-9,18H,3,10-12H2,1-2H3;1H/p-1. The van der Waals surface area contributed by atoms with Gasteiger partial charge in [-0.25, -0.2) is 4.68 Å². The van der Waals surface area contributed by atoms with E-state index in [4.69, 9.17) is 4.74 Å². The van der Waals surface area contributed by atoms with Gasteiger partial charge in [-0.05, 0) is 34.2 Å². The summed E-state index contributed by atoms with van der Waals surface area (Å²) in [6.07, 6.45) is 0. The van der Waals surface area contributed by atoms with Crippen LogP contribution in [0.5, 0.6) is 5.75 Å². The minimum Gasteiger partial charge on any atom is -1.00 e. The van der Waals surface area contributed by atoms with Crippen molar-refractivity contribution in [2.24, 2.45) is 7.05 Å². The number of benzene rings is 2. The van der Waals surface area contributed by atoms with E-state index in [1.54, 1.807) is 16.4 Å². The van der Waals surface area contributed by atoms with E-state index in [9.17, 15) is 0 Å². The largest absolute Gasteiger partial charge is 1.00 e. The Morgan fingerprint density at radius 2 is 2.04 bits per heavy atom. The molecule has 1 heterocycles. The monoisotopic (exact) mass is 378 g/mol. The van der Waals surface area contributed by atoms with Crippen molar-refractivity contribution in [1.82, 2.24) is 25.5 Å². The molecule has 0 radical (unpaired) electrons. The van der Waals surface area contributed by atoms with E-state index in [1.807, 2.05) is 14.0 Å². The van der Waals surface area contributed by atoms with Gasteiger partial charge in [-0.2, -0.15) is 0 Å². The summed E-state index contributed by atoms with van der Waals surface area (Å²) in [6.45, 7) is 4.32. The Morgan fingerprint density at radius 1 is 1.20 bits per heavy atom. The summed E-state index contributed by atoms with van der Waals surface area (Å²) in [5.74, 6) is 1.86. The average molecular weight is 379 g/mol. The Bertz CT molecular complexity index is 811. The first-order valence-electron chi connectivity index (χ1n) is 7.99. The molecule has 1 aromatic heterocycles. The van der Waals surface area contributed by atoms with Crippen LogP contribution in [0.15, 0.2) is 41.6 Å². The molecule has 0 spiro atoms. The van der Waals surface area contributed by atoms with Gasteiger partial charge in [0.25, 0.3) is 0 Å². The number of hydrogen-bond acceptors (Lipinski definition) is 6. The lowest BCUT2D eigenvalue weighted by Gasteiger charge is -2.14. The zero-order chi connectivity index (χ0) is 16.8. The predicted octanol–water partition coefficient (Wildman–Crippen LogP) is -0.352. The highest BCUT2D eigenvalue weighted by Gasteiger charge is 2.08. The van der Waals surface area contributed by atoms with Crippen LogP contribution in [0.1, 0.15) is 12.5 Å². The van der Waals surface area contributed by atoms with Gasteiger partial charge >= 0.3 is 0 Å². The van der Waals surface area contributed by atoms with Crippen molar-refractivity contribution in [2.45, 2.75) is 18.6 Å². The van der Waals surface area contributed by atoms with E-state index >= 15 is 0 Å². The van der Waals surface area contributed by atoms with Crippen molar-refractivity contribution in [3.63, 3.8) is 0 Å². The molecule has 25 heavy (non-hydrogen) atoms. The molecule has 0 saturated heterocycles. The van der Waals surface area contributed by atoms with Crippen LogP contribution in [0.3, 0.4) is 0 Å². The Kier molecular flexibility index (Phi) is 7.49. The summed E-state index contributed by atoms with van der Waals surface area (Å²) in [6, 6.07) is 12.6. The van der Waals surface area contributed by atoms with Crippen LogP contribution < -0.4 is 22.5 Å². The first-order valence-corrected chi connectivity index (χ1v) is 8.97. The van der Waals surface area contributed by atoms with Crippen LogP contribution in [-0.4, -0.2) is 39.1 Å². The first-order chi connectivity index (χ1) is 11.8. The summed E-state index contributed by atoms with van der Waals surface area (Å²) in [5, 5.41) is 18.2. The lowest BCUT2D eigenvalue weighted by Crippen LogP contribution is -3.00. The second kappa shape index (κ2) is 9.60. The number of tetrazole rings is 1. The first kappa shape index (κ1) is 19.5. The zero-order valence-electron chi connectivity index (χ0n) is 14.3. The van der Waals surface area contributed by atoms with Gasteiger partial charge in [-0.1, -0.05) is 42.1 Å². The number of halogens is 1. The van der Waals surface area contributed by atoms with Gasteiger partial charge in [-0.3, -0.25) is 0 Å². The molecule has 0 atom stereocenters. The normalized spacial score (nSPS) is 10.6. The zero-order valence-corrected chi connectivity index (χ0v) is 15.8. The van der Waals surface area contributed by atoms with Gasteiger partial charge in [0.15, 0.2) is 0 Å². The molecule has 1 N–H and O–H groups in total. The molecular formula is C17H21ClN5OS-. The van der Waals surface area contributed by atoms with Gasteiger partial charge < -0.3 is 22.5 Å². The third-order valence-electron chi connectivity index (χ3n) is 3.69. The lowest BCUT2D eigenvalue weighted by molar-refractivity contribution is -0.00000560. The third-order valence-corrected chi connectivity index (χ3v) is 4.70. The van der Waals surface area contributed by atoms with Crippen molar-refractivity contribution in [3.05, 3.63) is 42.0 Å². The minimum absolute atomic E-state index is 0. The van der Waals surface area contributed by atoms with Crippen LogP contribution in [0.25, 0.3) is 10.8 Å². The maximum absolute atomic E-state index is 5.80. The van der Waals surface area contributed by atoms with Crippen LogP contribution >= 0.6 is 11.8 Å². The molecule has 0 unspecified atom stereocenters. The molecule has 8 heteroatoms. The maximum atomic E-state index is 5.80.